The molecule has 1 saturated heterocycles. The third-order valence-electron chi connectivity index (χ3n) is 6.76. The molecule has 0 spiro atoms. The van der Waals surface area contributed by atoms with Gasteiger partial charge in [0.2, 0.25) is 0 Å². The number of halogens is 3. The lowest BCUT2D eigenvalue weighted by Crippen LogP contribution is -2.48. The van der Waals surface area contributed by atoms with Crippen LogP contribution in [0.25, 0.3) is 17.3 Å². The van der Waals surface area contributed by atoms with Crippen LogP contribution in [0.2, 0.25) is 10.0 Å². The van der Waals surface area contributed by atoms with Gasteiger partial charge in [0.15, 0.2) is 5.69 Å². The number of piperidine rings is 1. The van der Waals surface area contributed by atoms with E-state index in [2.05, 4.69) is 5.43 Å². The molecule has 2 aromatic carbocycles. The lowest BCUT2D eigenvalue weighted by Gasteiger charge is -2.31. The molecular weight excluding hydrogens is 502 g/mol. The van der Waals surface area contributed by atoms with Crippen molar-refractivity contribution in [2.45, 2.75) is 38.2 Å². The van der Waals surface area contributed by atoms with E-state index in [0.717, 1.165) is 54.5 Å². The van der Waals surface area contributed by atoms with Gasteiger partial charge < -0.3 is 4.74 Å². The molecule has 2 heterocycles. The number of allylic oxidation sites excluding steroid dienone is 1. The van der Waals surface area contributed by atoms with Crippen LogP contribution in [-0.4, -0.2) is 47.0 Å². The number of nitrogens with one attached hydrogen (secondary N) is 1. The Labute approximate surface area is 219 Å². The smallest absolute Gasteiger partial charge is 0.286 e. The molecule has 0 bridgehead atoms. The van der Waals surface area contributed by atoms with E-state index in [1.54, 1.807) is 42.1 Å². The van der Waals surface area contributed by atoms with Crippen molar-refractivity contribution in [2.24, 2.45) is 0 Å². The van der Waals surface area contributed by atoms with Crippen LogP contribution in [0.4, 0.5) is 4.39 Å². The molecule has 188 valence electrons. The number of hydrogen-bond acceptors (Lipinski definition) is 4. The highest BCUT2D eigenvalue weighted by atomic mass is 35.5. The van der Waals surface area contributed by atoms with Crippen LogP contribution >= 0.6 is 23.2 Å². The van der Waals surface area contributed by atoms with Gasteiger partial charge in [-0.25, -0.2) is 14.1 Å². The van der Waals surface area contributed by atoms with Gasteiger partial charge in [0, 0.05) is 30.8 Å². The second-order valence-electron chi connectivity index (χ2n) is 9.12. The van der Waals surface area contributed by atoms with E-state index in [1.165, 1.54) is 12.1 Å². The van der Waals surface area contributed by atoms with Crippen molar-refractivity contribution >= 4 is 40.8 Å². The van der Waals surface area contributed by atoms with E-state index in [-0.39, 0.29) is 17.8 Å². The maximum Gasteiger partial charge on any atom is 0.286 e. The molecular formula is C27H27Cl2FN4O2. The Morgan fingerprint density at radius 3 is 2.58 bits per heavy atom. The SMILES string of the molecule is COC1CCN(NC(=O)c2nn(-c3ccc(Cl)cc3Cl)c3c2CCCC3=Cc2ccc(F)cc2)CC1. The Morgan fingerprint density at radius 2 is 1.89 bits per heavy atom. The topological polar surface area (TPSA) is 59.4 Å². The van der Waals surface area contributed by atoms with Gasteiger partial charge in [-0.15, -0.1) is 0 Å². The average Bonchev–Trinajstić information content (AvgIpc) is 3.26. The molecule has 36 heavy (non-hydrogen) atoms. The molecule has 1 N–H and O–H groups in total. The number of ether oxygens (including phenoxy) is 1. The number of fused-ring (bicyclic) bond motifs is 1. The third kappa shape index (κ3) is 5.20. The Balaban J connectivity index is 1.55. The fourth-order valence-electron chi connectivity index (χ4n) is 4.90. The highest BCUT2D eigenvalue weighted by molar-refractivity contribution is 6.35. The third-order valence-corrected chi connectivity index (χ3v) is 7.30. The summed E-state index contributed by atoms with van der Waals surface area (Å²) in [6.45, 7) is 1.43. The molecule has 0 atom stereocenters. The second-order valence-corrected chi connectivity index (χ2v) is 9.96. The summed E-state index contributed by atoms with van der Waals surface area (Å²) in [7, 11) is 1.72. The Kier molecular flexibility index (Phi) is 7.44. The van der Waals surface area contributed by atoms with Crippen LogP contribution in [-0.2, 0) is 11.2 Å². The first-order valence-electron chi connectivity index (χ1n) is 12.1. The minimum Gasteiger partial charge on any atom is -0.381 e. The van der Waals surface area contributed by atoms with Crippen LogP contribution < -0.4 is 5.43 Å². The Morgan fingerprint density at radius 1 is 1.14 bits per heavy atom. The van der Waals surface area contributed by atoms with Crippen molar-refractivity contribution in [3.63, 3.8) is 0 Å². The summed E-state index contributed by atoms with van der Waals surface area (Å²) < 4.78 is 20.7. The van der Waals surface area contributed by atoms with Gasteiger partial charge in [0.05, 0.1) is 22.5 Å². The summed E-state index contributed by atoms with van der Waals surface area (Å²) in [6, 6.07) is 11.6. The lowest BCUT2D eigenvalue weighted by atomic mass is 9.89. The molecule has 1 fully saturated rings. The minimum absolute atomic E-state index is 0.219. The van der Waals surface area contributed by atoms with E-state index in [0.29, 0.717) is 34.5 Å². The van der Waals surface area contributed by atoms with Crippen LogP contribution in [0.1, 0.15) is 53.0 Å². The standard InChI is InChI=1S/C27H27Cl2FN4O2/c1-36-21-11-13-33(14-12-21)32-27(35)25-22-4-2-3-18(15-17-5-8-20(30)9-6-17)26(22)34(31-25)24-10-7-19(28)16-23(24)29/h5-10,15-16,21H,2-4,11-14H2,1H3,(H,32,35). The van der Waals surface area contributed by atoms with Gasteiger partial charge in [-0.1, -0.05) is 35.3 Å². The van der Waals surface area contributed by atoms with Gasteiger partial charge in [-0.2, -0.15) is 5.10 Å². The van der Waals surface area contributed by atoms with Crippen molar-refractivity contribution < 1.29 is 13.9 Å². The fraction of sp³-hybridized carbons (Fsp3) is 0.333. The summed E-state index contributed by atoms with van der Waals surface area (Å²) >= 11 is 12.7. The molecule has 1 aliphatic heterocycles. The molecule has 3 aromatic rings. The predicted octanol–water partition coefficient (Wildman–Crippen LogP) is 5.95. The highest BCUT2D eigenvalue weighted by Gasteiger charge is 2.30. The normalized spacial score (nSPS) is 17.8. The molecule has 9 heteroatoms. The molecule has 1 aromatic heterocycles. The summed E-state index contributed by atoms with van der Waals surface area (Å²) in [6.07, 6.45) is 6.35. The van der Waals surface area contributed by atoms with E-state index >= 15 is 0 Å². The first-order valence-corrected chi connectivity index (χ1v) is 12.8. The second kappa shape index (κ2) is 10.7. The van der Waals surface area contributed by atoms with E-state index in [9.17, 15) is 9.18 Å². The maximum atomic E-state index is 13.5. The van der Waals surface area contributed by atoms with Crippen LogP contribution in [0, 0.1) is 5.82 Å². The molecule has 5 rings (SSSR count). The zero-order valence-electron chi connectivity index (χ0n) is 19.9. The van der Waals surface area contributed by atoms with Crippen LogP contribution in [0.5, 0.6) is 0 Å². The number of hydrogen-bond donors (Lipinski definition) is 1. The van der Waals surface area contributed by atoms with E-state index in [1.807, 2.05) is 11.1 Å². The van der Waals surface area contributed by atoms with E-state index in [4.69, 9.17) is 33.0 Å². The number of methoxy groups -OCH3 is 1. The minimum atomic E-state index is -0.284. The quantitative estimate of drug-likeness (QED) is 0.444. The molecule has 0 saturated carbocycles. The van der Waals surface area contributed by atoms with Gasteiger partial charge in [0.25, 0.3) is 5.91 Å². The molecule has 2 aliphatic rings. The van der Waals surface area contributed by atoms with Gasteiger partial charge in [0.1, 0.15) is 5.82 Å². The first kappa shape index (κ1) is 25.0. The lowest BCUT2D eigenvalue weighted by molar-refractivity contribution is 0.0226. The zero-order chi connectivity index (χ0) is 25.2. The van der Waals surface area contributed by atoms with Gasteiger partial charge >= 0.3 is 0 Å². The van der Waals surface area contributed by atoms with Gasteiger partial charge in [-0.05, 0) is 79.6 Å². The van der Waals surface area contributed by atoms with Crippen LogP contribution in [0.15, 0.2) is 42.5 Å². The summed E-state index contributed by atoms with van der Waals surface area (Å²) in [5.41, 5.74) is 7.68. The first-order chi connectivity index (χ1) is 17.4. The number of amides is 1. The average molecular weight is 529 g/mol. The molecule has 1 aliphatic carbocycles. The molecule has 0 unspecified atom stereocenters. The number of hydrazine groups is 1. The zero-order valence-corrected chi connectivity index (χ0v) is 21.4. The van der Waals surface area contributed by atoms with Crippen molar-refractivity contribution in [1.82, 2.24) is 20.2 Å². The number of aromatic nitrogens is 2. The largest absolute Gasteiger partial charge is 0.381 e. The number of carbonyl (C=O) groups excluding carboxylic acids is 1. The summed E-state index contributed by atoms with van der Waals surface area (Å²) in [5.74, 6) is -0.526. The van der Waals surface area contributed by atoms with Crippen molar-refractivity contribution in [3.05, 3.63) is 80.8 Å². The number of rotatable bonds is 5. The fourth-order valence-corrected chi connectivity index (χ4v) is 5.39. The summed E-state index contributed by atoms with van der Waals surface area (Å²) in [5, 5.41) is 7.66. The van der Waals surface area contributed by atoms with Gasteiger partial charge in [-0.3, -0.25) is 10.2 Å². The number of benzene rings is 2. The van der Waals surface area contributed by atoms with Crippen molar-refractivity contribution in [3.8, 4) is 5.69 Å². The van der Waals surface area contributed by atoms with Crippen molar-refractivity contribution in [1.29, 1.82) is 0 Å². The maximum absolute atomic E-state index is 13.5. The summed E-state index contributed by atoms with van der Waals surface area (Å²) in [4.78, 5) is 13.4. The number of carbonyl (C=O) groups is 1. The van der Waals surface area contributed by atoms with Crippen molar-refractivity contribution in [2.75, 3.05) is 20.2 Å². The Bertz CT molecular complexity index is 1300. The predicted molar refractivity (Wildman–Crippen MR) is 140 cm³/mol. The number of nitrogens with zero attached hydrogens (tertiary/aromatic N) is 3. The Hall–Kier alpha value is -2.71. The molecule has 0 radical (unpaired) electrons. The van der Waals surface area contributed by atoms with Crippen LogP contribution in [0.3, 0.4) is 0 Å². The monoisotopic (exact) mass is 528 g/mol. The van der Waals surface area contributed by atoms with E-state index < -0.39 is 0 Å². The molecule has 1 amide bonds. The molecule has 6 nitrogen and oxygen atoms in total. The highest BCUT2D eigenvalue weighted by Crippen LogP contribution is 2.37.